The van der Waals surface area contributed by atoms with Crippen molar-refractivity contribution in [3.63, 3.8) is 0 Å². The minimum Gasteiger partial charge on any atom is -0.345 e. The molecular formula is C15H12ClN3O. The van der Waals surface area contributed by atoms with Gasteiger partial charge in [-0.2, -0.15) is 0 Å². The molecule has 1 heterocycles. The average Bonchev–Trinajstić information content (AvgIpc) is 2.87. The van der Waals surface area contributed by atoms with E-state index in [0.717, 1.165) is 11.0 Å². The van der Waals surface area contributed by atoms with Crippen molar-refractivity contribution in [3.05, 3.63) is 64.9 Å². The van der Waals surface area contributed by atoms with Gasteiger partial charge in [-0.05, 0) is 30.3 Å². The van der Waals surface area contributed by atoms with E-state index in [9.17, 15) is 4.79 Å². The fourth-order valence-electron chi connectivity index (χ4n) is 1.97. The van der Waals surface area contributed by atoms with Crippen LogP contribution in [0.3, 0.4) is 0 Å². The Bertz CT molecular complexity index is 752. The van der Waals surface area contributed by atoms with Gasteiger partial charge in [-0.15, -0.1) is 0 Å². The summed E-state index contributed by atoms with van der Waals surface area (Å²) in [5.74, 6) is 0.579. The molecule has 0 aliphatic heterocycles. The molecule has 2 N–H and O–H groups in total. The highest BCUT2D eigenvalue weighted by Gasteiger charge is 2.07. The van der Waals surface area contributed by atoms with Gasteiger partial charge in [0.2, 0.25) is 0 Å². The first-order valence-electron chi connectivity index (χ1n) is 6.20. The number of aromatic amines is 1. The Kier molecular flexibility index (Phi) is 3.39. The van der Waals surface area contributed by atoms with E-state index in [-0.39, 0.29) is 5.91 Å². The van der Waals surface area contributed by atoms with Crippen LogP contribution in [-0.4, -0.2) is 15.9 Å². The summed E-state index contributed by atoms with van der Waals surface area (Å²) in [5, 5.41) is 3.47. The molecule has 100 valence electrons. The minimum atomic E-state index is -0.121. The Hall–Kier alpha value is -2.33. The van der Waals surface area contributed by atoms with Crippen LogP contribution in [0, 0.1) is 0 Å². The number of imidazole rings is 1. The number of carbonyl (C=O) groups excluding carboxylic acids is 1. The summed E-state index contributed by atoms with van der Waals surface area (Å²) >= 11 is 5.91. The average molecular weight is 286 g/mol. The van der Waals surface area contributed by atoms with Gasteiger partial charge in [0.15, 0.2) is 0 Å². The summed E-state index contributed by atoms with van der Waals surface area (Å²) in [6, 6.07) is 14.5. The maximum atomic E-state index is 11.9. The summed E-state index contributed by atoms with van der Waals surface area (Å²) in [6.07, 6.45) is 0. The highest BCUT2D eigenvalue weighted by Crippen LogP contribution is 2.17. The SMILES string of the molecule is O=C(NCc1nc2cc(Cl)ccc2[nH]1)c1ccccc1. The second-order valence-corrected chi connectivity index (χ2v) is 4.83. The van der Waals surface area contributed by atoms with Crippen molar-refractivity contribution in [2.45, 2.75) is 6.54 Å². The number of nitrogens with zero attached hydrogens (tertiary/aromatic N) is 1. The zero-order chi connectivity index (χ0) is 13.9. The Morgan fingerprint density at radius 1 is 1.20 bits per heavy atom. The van der Waals surface area contributed by atoms with Crippen molar-refractivity contribution in [2.75, 3.05) is 0 Å². The van der Waals surface area contributed by atoms with Crippen molar-refractivity contribution in [1.29, 1.82) is 0 Å². The first kappa shape index (κ1) is 12.7. The monoisotopic (exact) mass is 285 g/mol. The van der Waals surface area contributed by atoms with Gasteiger partial charge in [0.25, 0.3) is 5.91 Å². The van der Waals surface area contributed by atoms with Gasteiger partial charge in [-0.3, -0.25) is 4.79 Å². The highest BCUT2D eigenvalue weighted by molar-refractivity contribution is 6.31. The molecule has 1 aromatic heterocycles. The first-order valence-corrected chi connectivity index (χ1v) is 6.57. The van der Waals surface area contributed by atoms with Crippen molar-refractivity contribution in [3.8, 4) is 0 Å². The van der Waals surface area contributed by atoms with Gasteiger partial charge >= 0.3 is 0 Å². The van der Waals surface area contributed by atoms with Gasteiger partial charge in [-0.1, -0.05) is 29.8 Å². The lowest BCUT2D eigenvalue weighted by Crippen LogP contribution is -2.23. The summed E-state index contributed by atoms with van der Waals surface area (Å²) < 4.78 is 0. The molecule has 4 nitrogen and oxygen atoms in total. The zero-order valence-corrected chi connectivity index (χ0v) is 11.3. The van der Waals surface area contributed by atoms with Crippen LogP contribution in [0.2, 0.25) is 5.02 Å². The fourth-order valence-corrected chi connectivity index (χ4v) is 2.14. The molecule has 0 aliphatic rings. The number of halogens is 1. The van der Waals surface area contributed by atoms with Gasteiger partial charge in [0.05, 0.1) is 17.6 Å². The third kappa shape index (κ3) is 2.65. The van der Waals surface area contributed by atoms with E-state index in [0.29, 0.717) is 23.0 Å². The predicted octanol–water partition coefficient (Wildman–Crippen LogP) is 3.15. The van der Waals surface area contributed by atoms with Crippen LogP contribution >= 0.6 is 11.6 Å². The van der Waals surface area contributed by atoms with Crippen molar-refractivity contribution in [2.24, 2.45) is 0 Å². The number of H-pyrrole nitrogens is 1. The summed E-state index contributed by atoms with van der Waals surface area (Å²) in [4.78, 5) is 19.4. The van der Waals surface area contributed by atoms with Crippen LogP contribution in [0.1, 0.15) is 16.2 Å². The maximum absolute atomic E-state index is 11.9. The molecule has 0 unspecified atom stereocenters. The van der Waals surface area contributed by atoms with E-state index in [4.69, 9.17) is 11.6 Å². The van der Waals surface area contributed by atoms with Crippen LogP contribution in [0.4, 0.5) is 0 Å². The van der Waals surface area contributed by atoms with E-state index < -0.39 is 0 Å². The highest BCUT2D eigenvalue weighted by atomic mass is 35.5. The van der Waals surface area contributed by atoms with Crippen LogP contribution in [-0.2, 0) is 6.54 Å². The van der Waals surface area contributed by atoms with E-state index in [1.54, 1.807) is 24.3 Å². The molecule has 3 rings (SSSR count). The van der Waals surface area contributed by atoms with Gasteiger partial charge in [0.1, 0.15) is 5.82 Å². The lowest BCUT2D eigenvalue weighted by atomic mass is 10.2. The van der Waals surface area contributed by atoms with Gasteiger partial charge in [-0.25, -0.2) is 4.98 Å². The van der Waals surface area contributed by atoms with Gasteiger partial charge < -0.3 is 10.3 Å². The van der Waals surface area contributed by atoms with Crippen molar-refractivity contribution in [1.82, 2.24) is 15.3 Å². The second kappa shape index (κ2) is 5.35. The number of hydrogen-bond acceptors (Lipinski definition) is 2. The smallest absolute Gasteiger partial charge is 0.251 e. The summed E-state index contributed by atoms with van der Waals surface area (Å²) in [6.45, 7) is 0.347. The number of aromatic nitrogens is 2. The predicted molar refractivity (Wildman–Crippen MR) is 78.7 cm³/mol. The van der Waals surface area contributed by atoms with Crippen molar-refractivity contribution >= 4 is 28.5 Å². The van der Waals surface area contributed by atoms with Crippen LogP contribution in [0.15, 0.2) is 48.5 Å². The molecule has 0 radical (unpaired) electrons. The Labute approximate surface area is 120 Å². The molecule has 0 saturated heterocycles. The Morgan fingerprint density at radius 3 is 2.80 bits per heavy atom. The molecule has 0 saturated carbocycles. The lowest BCUT2D eigenvalue weighted by Gasteiger charge is -2.02. The number of nitrogens with one attached hydrogen (secondary N) is 2. The zero-order valence-electron chi connectivity index (χ0n) is 10.6. The summed E-state index contributed by atoms with van der Waals surface area (Å²) in [5.41, 5.74) is 2.33. The normalized spacial score (nSPS) is 10.7. The topological polar surface area (TPSA) is 57.8 Å². The molecule has 0 bridgehead atoms. The molecule has 0 aliphatic carbocycles. The first-order chi connectivity index (χ1) is 9.72. The lowest BCUT2D eigenvalue weighted by molar-refractivity contribution is 0.0950. The Morgan fingerprint density at radius 2 is 2.00 bits per heavy atom. The van der Waals surface area contributed by atoms with E-state index >= 15 is 0 Å². The number of amides is 1. The molecule has 0 fully saturated rings. The molecular weight excluding hydrogens is 274 g/mol. The molecule has 3 aromatic rings. The third-order valence-corrected chi connectivity index (χ3v) is 3.18. The molecule has 0 atom stereocenters. The van der Waals surface area contributed by atoms with Crippen LogP contribution < -0.4 is 5.32 Å². The standard InChI is InChI=1S/C15H12ClN3O/c16-11-6-7-12-13(8-11)19-14(18-12)9-17-15(20)10-4-2-1-3-5-10/h1-8H,9H2,(H,17,20)(H,18,19). The molecule has 20 heavy (non-hydrogen) atoms. The fraction of sp³-hybridized carbons (Fsp3) is 0.0667. The largest absolute Gasteiger partial charge is 0.345 e. The van der Waals surface area contributed by atoms with E-state index in [2.05, 4.69) is 15.3 Å². The number of carbonyl (C=O) groups is 1. The number of fused-ring (bicyclic) bond motifs is 1. The maximum Gasteiger partial charge on any atom is 0.251 e. The van der Waals surface area contributed by atoms with E-state index in [1.165, 1.54) is 0 Å². The van der Waals surface area contributed by atoms with Crippen LogP contribution in [0.5, 0.6) is 0 Å². The minimum absolute atomic E-state index is 0.121. The number of benzene rings is 2. The quantitative estimate of drug-likeness (QED) is 0.777. The molecule has 5 heteroatoms. The molecule has 1 amide bonds. The number of hydrogen-bond donors (Lipinski definition) is 2. The second-order valence-electron chi connectivity index (χ2n) is 4.39. The summed E-state index contributed by atoms with van der Waals surface area (Å²) in [7, 11) is 0. The van der Waals surface area contributed by atoms with E-state index in [1.807, 2.05) is 24.3 Å². The number of rotatable bonds is 3. The van der Waals surface area contributed by atoms with Crippen LogP contribution in [0.25, 0.3) is 11.0 Å². The third-order valence-electron chi connectivity index (χ3n) is 2.95. The van der Waals surface area contributed by atoms with Gasteiger partial charge in [0, 0.05) is 10.6 Å². The molecule has 2 aromatic carbocycles. The van der Waals surface area contributed by atoms with Crippen molar-refractivity contribution < 1.29 is 4.79 Å². The molecule has 0 spiro atoms. The Balaban J connectivity index is 1.72.